The molecule has 0 radical (unpaired) electrons. The molecule has 1 aliphatic heterocycles. The zero-order chi connectivity index (χ0) is 10.6. The van der Waals surface area contributed by atoms with Crippen LogP contribution >= 0.6 is 0 Å². The first-order valence-electron chi connectivity index (χ1n) is 5.43. The van der Waals surface area contributed by atoms with E-state index >= 15 is 0 Å². The lowest BCUT2D eigenvalue weighted by Gasteiger charge is -2.16. The third-order valence-electron chi connectivity index (χ3n) is 2.83. The summed E-state index contributed by atoms with van der Waals surface area (Å²) in [5.41, 5.74) is 0. The van der Waals surface area contributed by atoms with Gasteiger partial charge in [0.05, 0.1) is 13.0 Å². The van der Waals surface area contributed by atoms with E-state index in [1.54, 1.807) is 0 Å². The minimum absolute atomic E-state index is 0.0444. The molecule has 3 heteroatoms. The first-order chi connectivity index (χ1) is 6.63. The van der Waals surface area contributed by atoms with E-state index in [0.29, 0.717) is 0 Å². The van der Waals surface area contributed by atoms with Gasteiger partial charge in [-0.2, -0.15) is 0 Å². The summed E-state index contributed by atoms with van der Waals surface area (Å²) < 4.78 is 4.74. The number of esters is 1. The standard InChI is InChI=1S/C11H21NO2/c1-9(2)4-6-12-7-5-10(8-12)11(13)14-3/h9-10H,4-8H2,1-3H3. The molecule has 3 nitrogen and oxygen atoms in total. The fourth-order valence-corrected chi connectivity index (χ4v) is 1.84. The maximum absolute atomic E-state index is 11.2. The molecule has 82 valence electrons. The highest BCUT2D eigenvalue weighted by molar-refractivity contribution is 5.72. The number of hydrogen-bond acceptors (Lipinski definition) is 3. The summed E-state index contributed by atoms with van der Waals surface area (Å²) in [5, 5.41) is 0. The zero-order valence-electron chi connectivity index (χ0n) is 9.45. The molecule has 0 aliphatic carbocycles. The van der Waals surface area contributed by atoms with E-state index in [0.717, 1.165) is 32.0 Å². The van der Waals surface area contributed by atoms with Gasteiger partial charge in [-0.3, -0.25) is 4.79 Å². The molecule has 1 unspecified atom stereocenters. The van der Waals surface area contributed by atoms with Crippen LogP contribution in [0.1, 0.15) is 26.7 Å². The van der Waals surface area contributed by atoms with Gasteiger partial charge in [0, 0.05) is 6.54 Å². The van der Waals surface area contributed by atoms with Crippen molar-refractivity contribution in [2.75, 3.05) is 26.7 Å². The molecule has 1 aliphatic rings. The summed E-state index contributed by atoms with van der Waals surface area (Å²) in [5.74, 6) is 0.816. The Morgan fingerprint density at radius 2 is 2.29 bits per heavy atom. The number of hydrogen-bond donors (Lipinski definition) is 0. The van der Waals surface area contributed by atoms with Crippen LogP contribution in [0.25, 0.3) is 0 Å². The quantitative estimate of drug-likeness (QED) is 0.643. The SMILES string of the molecule is COC(=O)C1CCN(CCC(C)C)C1. The normalized spacial score (nSPS) is 23.0. The summed E-state index contributed by atoms with van der Waals surface area (Å²) in [6.07, 6.45) is 2.18. The molecule has 0 amide bonds. The highest BCUT2D eigenvalue weighted by atomic mass is 16.5. The molecule has 1 rings (SSSR count). The topological polar surface area (TPSA) is 29.5 Å². The predicted molar refractivity (Wildman–Crippen MR) is 56.0 cm³/mol. The maximum atomic E-state index is 11.2. The molecule has 0 aromatic rings. The van der Waals surface area contributed by atoms with Crippen LogP contribution in [0.2, 0.25) is 0 Å². The molecule has 0 aromatic heterocycles. The average molecular weight is 199 g/mol. The van der Waals surface area contributed by atoms with Gasteiger partial charge in [0.15, 0.2) is 0 Å². The summed E-state index contributed by atoms with van der Waals surface area (Å²) in [6, 6.07) is 0. The Bertz CT molecular complexity index is 192. The molecular formula is C11H21NO2. The Morgan fingerprint density at radius 3 is 2.86 bits per heavy atom. The fourth-order valence-electron chi connectivity index (χ4n) is 1.84. The molecular weight excluding hydrogens is 178 g/mol. The minimum atomic E-state index is -0.0444. The van der Waals surface area contributed by atoms with Gasteiger partial charge in [-0.25, -0.2) is 0 Å². The van der Waals surface area contributed by atoms with Crippen LogP contribution in [-0.2, 0) is 9.53 Å². The van der Waals surface area contributed by atoms with Gasteiger partial charge in [0.2, 0.25) is 0 Å². The fraction of sp³-hybridized carbons (Fsp3) is 0.909. The molecule has 1 atom stereocenters. The smallest absolute Gasteiger partial charge is 0.310 e. The number of rotatable bonds is 4. The highest BCUT2D eigenvalue weighted by Crippen LogP contribution is 2.18. The molecule has 1 fully saturated rings. The van der Waals surface area contributed by atoms with Crippen molar-refractivity contribution < 1.29 is 9.53 Å². The van der Waals surface area contributed by atoms with Gasteiger partial charge in [-0.1, -0.05) is 13.8 Å². The number of nitrogens with zero attached hydrogens (tertiary/aromatic N) is 1. The first-order valence-corrected chi connectivity index (χ1v) is 5.43. The Morgan fingerprint density at radius 1 is 1.57 bits per heavy atom. The van der Waals surface area contributed by atoms with E-state index in [1.165, 1.54) is 13.5 Å². The van der Waals surface area contributed by atoms with Crippen molar-refractivity contribution in [3.05, 3.63) is 0 Å². The molecule has 0 saturated carbocycles. The third kappa shape index (κ3) is 3.29. The molecule has 1 heterocycles. The van der Waals surface area contributed by atoms with E-state index in [-0.39, 0.29) is 11.9 Å². The van der Waals surface area contributed by atoms with Crippen molar-refractivity contribution in [1.29, 1.82) is 0 Å². The van der Waals surface area contributed by atoms with E-state index < -0.39 is 0 Å². The summed E-state index contributed by atoms with van der Waals surface area (Å²) in [4.78, 5) is 13.6. The summed E-state index contributed by atoms with van der Waals surface area (Å²) >= 11 is 0. The lowest BCUT2D eigenvalue weighted by molar-refractivity contribution is -0.144. The third-order valence-corrected chi connectivity index (χ3v) is 2.83. The van der Waals surface area contributed by atoms with Gasteiger partial charge >= 0.3 is 5.97 Å². The van der Waals surface area contributed by atoms with E-state index in [2.05, 4.69) is 18.7 Å². The first kappa shape index (κ1) is 11.5. The number of likely N-dealkylation sites (tertiary alicyclic amines) is 1. The van der Waals surface area contributed by atoms with Crippen LogP contribution in [0.4, 0.5) is 0 Å². The largest absolute Gasteiger partial charge is 0.469 e. The summed E-state index contributed by atoms with van der Waals surface area (Å²) in [7, 11) is 1.47. The number of methoxy groups -OCH3 is 1. The molecule has 0 N–H and O–H groups in total. The van der Waals surface area contributed by atoms with Crippen molar-refractivity contribution in [3.63, 3.8) is 0 Å². The molecule has 0 spiro atoms. The molecule has 0 aromatic carbocycles. The van der Waals surface area contributed by atoms with Gasteiger partial charge in [-0.15, -0.1) is 0 Å². The molecule has 14 heavy (non-hydrogen) atoms. The molecule has 1 saturated heterocycles. The Labute approximate surface area is 86.4 Å². The van der Waals surface area contributed by atoms with Crippen LogP contribution < -0.4 is 0 Å². The van der Waals surface area contributed by atoms with Crippen LogP contribution in [0.15, 0.2) is 0 Å². The van der Waals surface area contributed by atoms with E-state index in [4.69, 9.17) is 4.74 Å². The summed E-state index contributed by atoms with van der Waals surface area (Å²) in [6.45, 7) is 7.51. The Hall–Kier alpha value is -0.570. The lowest BCUT2D eigenvalue weighted by Crippen LogP contribution is -2.25. The second kappa shape index (κ2) is 5.35. The zero-order valence-corrected chi connectivity index (χ0v) is 9.45. The van der Waals surface area contributed by atoms with Crippen molar-refractivity contribution in [1.82, 2.24) is 4.90 Å². The van der Waals surface area contributed by atoms with Crippen LogP contribution in [0.5, 0.6) is 0 Å². The second-order valence-electron chi connectivity index (χ2n) is 4.49. The number of ether oxygens (including phenoxy) is 1. The Balaban J connectivity index is 2.23. The van der Waals surface area contributed by atoms with Crippen LogP contribution in [0, 0.1) is 11.8 Å². The van der Waals surface area contributed by atoms with Gasteiger partial charge in [0.1, 0.15) is 0 Å². The van der Waals surface area contributed by atoms with Gasteiger partial charge in [-0.05, 0) is 31.8 Å². The number of carbonyl (C=O) groups is 1. The van der Waals surface area contributed by atoms with E-state index in [9.17, 15) is 4.79 Å². The number of carbonyl (C=O) groups excluding carboxylic acids is 1. The molecule has 0 bridgehead atoms. The van der Waals surface area contributed by atoms with Crippen molar-refractivity contribution in [2.45, 2.75) is 26.7 Å². The van der Waals surface area contributed by atoms with Crippen molar-refractivity contribution in [2.24, 2.45) is 11.8 Å². The minimum Gasteiger partial charge on any atom is -0.469 e. The van der Waals surface area contributed by atoms with Crippen LogP contribution in [-0.4, -0.2) is 37.6 Å². The second-order valence-corrected chi connectivity index (χ2v) is 4.49. The van der Waals surface area contributed by atoms with Crippen molar-refractivity contribution >= 4 is 5.97 Å². The monoisotopic (exact) mass is 199 g/mol. The van der Waals surface area contributed by atoms with Crippen LogP contribution in [0.3, 0.4) is 0 Å². The van der Waals surface area contributed by atoms with E-state index in [1.807, 2.05) is 0 Å². The predicted octanol–water partition coefficient (Wildman–Crippen LogP) is 1.53. The Kier molecular flexibility index (Phi) is 4.39. The van der Waals surface area contributed by atoms with Gasteiger partial charge in [0.25, 0.3) is 0 Å². The average Bonchev–Trinajstić information content (AvgIpc) is 2.62. The van der Waals surface area contributed by atoms with Crippen molar-refractivity contribution in [3.8, 4) is 0 Å². The maximum Gasteiger partial charge on any atom is 0.310 e. The lowest BCUT2D eigenvalue weighted by atomic mass is 10.1. The van der Waals surface area contributed by atoms with Gasteiger partial charge < -0.3 is 9.64 Å². The highest BCUT2D eigenvalue weighted by Gasteiger charge is 2.28.